The van der Waals surface area contributed by atoms with Gasteiger partial charge in [0.2, 0.25) is 5.88 Å². The number of ether oxygens (including phenoxy) is 1. The van der Waals surface area contributed by atoms with Gasteiger partial charge in [-0.25, -0.2) is 4.98 Å². The van der Waals surface area contributed by atoms with Crippen molar-refractivity contribution in [3.8, 4) is 11.6 Å². The predicted molar refractivity (Wildman–Crippen MR) is 78.8 cm³/mol. The number of hydrogen-bond acceptors (Lipinski definition) is 5. The van der Waals surface area contributed by atoms with Crippen LogP contribution in [-0.4, -0.2) is 16.2 Å². The smallest absolute Gasteiger partial charge is 0.224 e. The molecule has 1 heterocycles. The van der Waals surface area contributed by atoms with Crippen molar-refractivity contribution in [3.63, 3.8) is 0 Å². The Morgan fingerprint density at radius 2 is 1.84 bits per heavy atom. The fraction of sp³-hybridized carbons (Fsp3) is 0.286. The van der Waals surface area contributed by atoms with Crippen molar-refractivity contribution in [1.82, 2.24) is 9.97 Å². The van der Waals surface area contributed by atoms with Crippen LogP contribution in [-0.2, 0) is 0 Å². The standard InChI is InChI=1S/C14H17N3OS/c1-9(2)14-16-12(15)8-13(17-14)18-10-4-6-11(19-3)7-5-10/h4-9H,1-3H3,(H2,15,16,17). The van der Waals surface area contributed by atoms with Crippen LogP contribution in [0.2, 0.25) is 0 Å². The molecule has 0 bridgehead atoms. The van der Waals surface area contributed by atoms with Gasteiger partial charge < -0.3 is 10.5 Å². The molecule has 2 N–H and O–H groups in total. The summed E-state index contributed by atoms with van der Waals surface area (Å²) in [6.07, 6.45) is 2.04. The van der Waals surface area contributed by atoms with Gasteiger partial charge in [0, 0.05) is 16.9 Å². The van der Waals surface area contributed by atoms with E-state index in [4.69, 9.17) is 10.5 Å². The first-order valence-electron chi connectivity index (χ1n) is 6.05. The third-order valence-corrected chi connectivity index (χ3v) is 3.28. The van der Waals surface area contributed by atoms with Crippen molar-refractivity contribution in [1.29, 1.82) is 0 Å². The van der Waals surface area contributed by atoms with Crippen molar-refractivity contribution in [3.05, 3.63) is 36.2 Å². The molecule has 2 rings (SSSR count). The molecule has 0 aliphatic rings. The van der Waals surface area contributed by atoms with Gasteiger partial charge in [0.05, 0.1) is 0 Å². The molecule has 0 radical (unpaired) electrons. The van der Waals surface area contributed by atoms with E-state index in [2.05, 4.69) is 9.97 Å². The lowest BCUT2D eigenvalue weighted by atomic mass is 10.2. The number of rotatable bonds is 4. The van der Waals surface area contributed by atoms with Crippen LogP contribution in [0.5, 0.6) is 11.6 Å². The third kappa shape index (κ3) is 3.61. The highest BCUT2D eigenvalue weighted by Gasteiger charge is 2.08. The Morgan fingerprint density at radius 3 is 2.42 bits per heavy atom. The van der Waals surface area contributed by atoms with Crippen LogP contribution in [0.3, 0.4) is 0 Å². The van der Waals surface area contributed by atoms with E-state index in [0.717, 1.165) is 5.75 Å². The first-order valence-corrected chi connectivity index (χ1v) is 7.27. The molecule has 100 valence electrons. The first-order chi connectivity index (χ1) is 9.08. The maximum absolute atomic E-state index is 5.76. The maximum atomic E-state index is 5.76. The Balaban J connectivity index is 2.22. The molecule has 2 aromatic rings. The van der Waals surface area contributed by atoms with Crippen LogP contribution in [0.1, 0.15) is 25.6 Å². The van der Waals surface area contributed by atoms with E-state index >= 15 is 0 Å². The minimum Gasteiger partial charge on any atom is -0.439 e. The number of benzene rings is 1. The molecule has 4 nitrogen and oxygen atoms in total. The van der Waals surface area contributed by atoms with Crippen LogP contribution >= 0.6 is 11.8 Å². The summed E-state index contributed by atoms with van der Waals surface area (Å²) in [4.78, 5) is 9.73. The Bertz CT molecular complexity index is 555. The average Bonchev–Trinajstić information content (AvgIpc) is 2.39. The van der Waals surface area contributed by atoms with E-state index in [-0.39, 0.29) is 5.92 Å². The number of anilines is 1. The van der Waals surface area contributed by atoms with Gasteiger partial charge in [0.1, 0.15) is 17.4 Å². The second-order valence-corrected chi connectivity index (χ2v) is 5.30. The van der Waals surface area contributed by atoms with E-state index in [9.17, 15) is 0 Å². The fourth-order valence-electron chi connectivity index (χ4n) is 1.54. The fourth-order valence-corrected chi connectivity index (χ4v) is 1.94. The Morgan fingerprint density at radius 1 is 1.16 bits per heavy atom. The molecule has 0 saturated carbocycles. The van der Waals surface area contributed by atoms with E-state index in [1.807, 2.05) is 44.4 Å². The molecule has 1 aromatic carbocycles. The Kier molecular flexibility index (Phi) is 4.27. The average molecular weight is 275 g/mol. The zero-order chi connectivity index (χ0) is 13.8. The lowest BCUT2D eigenvalue weighted by molar-refractivity contribution is 0.457. The molecule has 0 aliphatic carbocycles. The summed E-state index contributed by atoms with van der Waals surface area (Å²) < 4.78 is 5.71. The van der Waals surface area contributed by atoms with Crippen molar-refractivity contribution in [2.75, 3.05) is 12.0 Å². The summed E-state index contributed by atoms with van der Waals surface area (Å²) in [5.74, 6) is 2.55. The highest BCUT2D eigenvalue weighted by molar-refractivity contribution is 7.98. The lowest BCUT2D eigenvalue weighted by Gasteiger charge is -2.09. The minimum absolute atomic E-state index is 0.213. The number of thioether (sulfide) groups is 1. The minimum atomic E-state index is 0.213. The lowest BCUT2D eigenvalue weighted by Crippen LogP contribution is -2.02. The van der Waals surface area contributed by atoms with E-state index in [0.29, 0.717) is 17.5 Å². The summed E-state index contributed by atoms with van der Waals surface area (Å²) in [5.41, 5.74) is 5.76. The topological polar surface area (TPSA) is 61.0 Å². The molecule has 0 spiro atoms. The number of nitrogens with two attached hydrogens (primary N) is 1. The van der Waals surface area contributed by atoms with Crippen LogP contribution in [0.4, 0.5) is 5.82 Å². The van der Waals surface area contributed by atoms with Gasteiger partial charge in [-0.15, -0.1) is 11.8 Å². The highest BCUT2D eigenvalue weighted by atomic mass is 32.2. The quantitative estimate of drug-likeness (QED) is 0.862. The van der Waals surface area contributed by atoms with Gasteiger partial charge >= 0.3 is 0 Å². The molecule has 0 amide bonds. The molecule has 19 heavy (non-hydrogen) atoms. The van der Waals surface area contributed by atoms with Gasteiger partial charge in [0.15, 0.2) is 0 Å². The van der Waals surface area contributed by atoms with Crippen LogP contribution < -0.4 is 10.5 Å². The molecule has 0 unspecified atom stereocenters. The summed E-state index contributed by atoms with van der Waals surface area (Å²) in [5, 5.41) is 0. The van der Waals surface area contributed by atoms with Crippen LogP contribution in [0.15, 0.2) is 35.2 Å². The number of nitrogens with zero attached hydrogens (tertiary/aromatic N) is 2. The monoisotopic (exact) mass is 275 g/mol. The van der Waals surface area contributed by atoms with Gasteiger partial charge in [0.25, 0.3) is 0 Å². The third-order valence-electron chi connectivity index (χ3n) is 2.54. The number of nitrogen functional groups attached to an aromatic ring is 1. The maximum Gasteiger partial charge on any atom is 0.224 e. The SMILES string of the molecule is CSc1ccc(Oc2cc(N)nc(C(C)C)n2)cc1. The van der Waals surface area contributed by atoms with Gasteiger partial charge in [-0.1, -0.05) is 13.8 Å². The normalized spacial score (nSPS) is 10.7. The van der Waals surface area contributed by atoms with Crippen molar-refractivity contribution in [2.24, 2.45) is 0 Å². The molecular weight excluding hydrogens is 258 g/mol. The Labute approximate surface area is 117 Å². The first kappa shape index (κ1) is 13.7. The van der Waals surface area contributed by atoms with E-state index in [1.54, 1.807) is 17.8 Å². The Hall–Kier alpha value is -1.75. The molecule has 1 aromatic heterocycles. The largest absolute Gasteiger partial charge is 0.439 e. The zero-order valence-electron chi connectivity index (χ0n) is 11.3. The number of hydrogen-bond donors (Lipinski definition) is 1. The molecule has 0 fully saturated rings. The van der Waals surface area contributed by atoms with Crippen molar-refractivity contribution < 1.29 is 4.74 Å². The number of aromatic nitrogens is 2. The molecule has 0 atom stereocenters. The summed E-state index contributed by atoms with van der Waals surface area (Å²) in [7, 11) is 0. The van der Waals surface area contributed by atoms with Crippen molar-refractivity contribution >= 4 is 17.6 Å². The van der Waals surface area contributed by atoms with E-state index < -0.39 is 0 Å². The van der Waals surface area contributed by atoms with E-state index in [1.165, 1.54) is 4.90 Å². The molecular formula is C14H17N3OS. The van der Waals surface area contributed by atoms with Gasteiger partial charge in [-0.3, -0.25) is 0 Å². The van der Waals surface area contributed by atoms with Crippen LogP contribution in [0.25, 0.3) is 0 Å². The molecule has 0 aliphatic heterocycles. The van der Waals surface area contributed by atoms with Crippen LogP contribution in [0, 0.1) is 0 Å². The van der Waals surface area contributed by atoms with Gasteiger partial charge in [-0.05, 0) is 30.5 Å². The molecule has 5 heteroatoms. The summed E-state index contributed by atoms with van der Waals surface area (Å²) >= 11 is 1.69. The second-order valence-electron chi connectivity index (χ2n) is 4.42. The molecule has 0 saturated heterocycles. The second kappa shape index (κ2) is 5.93. The summed E-state index contributed by atoms with van der Waals surface area (Å²) in [6.45, 7) is 4.04. The van der Waals surface area contributed by atoms with Crippen molar-refractivity contribution in [2.45, 2.75) is 24.7 Å². The predicted octanol–water partition coefficient (Wildman–Crippen LogP) is 3.70. The van der Waals surface area contributed by atoms with Gasteiger partial charge in [-0.2, -0.15) is 4.98 Å². The highest BCUT2D eigenvalue weighted by Crippen LogP contribution is 2.25. The summed E-state index contributed by atoms with van der Waals surface area (Å²) in [6, 6.07) is 9.48. The zero-order valence-corrected chi connectivity index (χ0v) is 12.1.